The molecule has 0 saturated heterocycles. The number of benzene rings is 3. The minimum Gasteiger partial charge on any atom is -0.497 e. The quantitative estimate of drug-likeness (QED) is 0.299. The lowest BCUT2D eigenvalue weighted by molar-refractivity contribution is -0.118. The molecular formula is C27H28N4O3S. The number of methoxy groups -OCH3 is 1. The van der Waals surface area contributed by atoms with E-state index in [1.807, 2.05) is 65.2 Å². The van der Waals surface area contributed by atoms with Crippen LogP contribution in [0.1, 0.15) is 17.0 Å². The molecule has 0 unspecified atom stereocenters. The fourth-order valence-electron chi connectivity index (χ4n) is 3.47. The number of hydrogen-bond donors (Lipinski definition) is 1. The van der Waals surface area contributed by atoms with Gasteiger partial charge < -0.3 is 14.8 Å². The fourth-order valence-corrected chi connectivity index (χ4v) is 4.25. The van der Waals surface area contributed by atoms with E-state index in [0.29, 0.717) is 29.8 Å². The van der Waals surface area contributed by atoms with Crippen molar-refractivity contribution in [1.29, 1.82) is 0 Å². The van der Waals surface area contributed by atoms with E-state index in [4.69, 9.17) is 9.47 Å². The van der Waals surface area contributed by atoms with E-state index in [-0.39, 0.29) is 18.3 Å². The molecule has 1 N–H and O–H groups in total. The Kier molecular flexibility index (Phi) is 8.78. The first-order valence-electron chi connectivity index (χ1n) is 11.4. The van der Waals surface area contributed by atoms with Gasteiger partial charge in [-0.05, 0) is 29.7 Å². The first kappa shape index (κ1) is 24.3. The van der Waals surface area contributed by atoms with Crippen molar-refractivity contribution < 1.29 is 14.3 Å². The first-order chi connectivity index (χ1) is 17.2. The Bertz CT molecular complexity index is 1220. The Balaban J connectivity index is 1.39. The van der Waals surface area contributed by atoms with E-state index in [0.717, 1.165) is 17.7 Å². The van der Waals surface area contributed by atoms with Crippen LogP contribution in [0.5, 0.6) is 11.5 Å². The van der Waals surface area contributed by atoms with E-state index in [1.165, 1.54) is 17.3 Å². The molecule has 0 fully saturated rings. The van der Waals surface area contributed by atoms with Crippen LogP contribution >= 0.6 is 11.8 Å². The summed E-state index contributed by atoms with van der Waals surface area (Å²) in [7, 11) is 1.62. The van der Waals surface area contributed by atoms with Crippen molar-refractivity contribution in [3.8, 4) is 11.5 Å². The van der Waals surface area contributed by atoms with E-state index < -0.39 is 0 Å². The fraction of sp³-hybridized carbons (Fsp3) is 0.222. The maximum absolute atomic E-state index is 12.4. The Morgan fingerprint density at radius 1 is 0.914 bits per heavy atom. The van der Waals surface area contributed by atoms with Crippen LogP contribution in [0.4, 0.5) is 0 Å². The summed E-state index contributed by atoms with van der Waals surface area (Å²) in [5, 5.41) is 12.4. The van der Waals surface area contributed by atoms with E-state index in [2.05, 4.69) is 39.8 Å². The van der Waals surface area contributed by atoms with Crippen LogP contribution in [0.2, 0.25) is 0 Å². The van der Waals surface area contributed by atoms with Gasteiger partial charge in [0.15, 0.2) is 11.0 Å². The molecular weight excluding hydrogens is 460 g/mol. The Labute approximate surface area is 209 Å². The third-order valence-corrected chi connectivity index (χ3v) is 6.26. The minimum atomic E-state index is -0.0330. The molecule has 7 nitrogen and oxygen atoms in total. The third kappa shape index (κ3) is 7.35. The third-order valence-electron chi connectivity index (χ3n) is 5.30. The summed E-state index contributed by atoms with van der Waals surface area (Å²) in [6.45, 7) is 1.43. The number of carbonyl (C=O) groups excluding carboxylic acids is 1. The average molecular weight is 489 g/mol. The van der Waals surface area contributed by atoms with E-state index >= 15 is 0 Å². The maximum atomic E-state index is 12.4. The normalized spacial score (nSPS) is 10.7. The Morgan fingerprint density at radius 2 is 1.63 bits per heavy atom. The number of rotatable bonds is 12. The molecule has 0 aliphatic carbocycles. The number of aromatic nitrogens is 3. The zero-order chi connectivity index (χ0) is 24.3. The van der Waals surface area contributed by atoms with Crippen LogP contribution in [0.3, 0.4) is 0 Å². The molecule has 0 atom stereocenters. The predicted octanol–water partition coefficient (Wildman–Crippen LogP) is 4.37. The van der Waals surface area contributed by atoms with Gasteiger partial charge in [0.05, 0.1) is 19.4 Å². The number of carbonyl (C=O) groups is 1. The highest BCUT2D eigenvalue weighted by molar-refractivity contribution is 7.99. The highest BCUT2D eigenvalue weighted by atomic mass is 32.2. The van der Waals surface area contributed by atoms with Crippen LogP contribution < -0.4 is 14.8 Å². The van der Waals surface area contributed by atoms with Gasteiger partial charge in [0.2, 0.25) is 5.91 Å². The molecule has 1 heterocycles. The van der Waals surface area contributed by atoms with E-state index in [1.54, 1.807) is 7.11 Å². The van der Waals surface area contributed by atoms with Crippen molar-refractivity contribution in [1.82, 2.24) is 20.1 Å². The molecule has 0 aliphatic rings. The second-order valence-corrected chi connectivity index (χ2v) is 8.75. The van der Waals surface area contributed by atoms with Crippen molar-refractivity contribution in [2.75, 3.05) is 19.4 Å². The van der Waals surface area contributed by atoms with Crippen LogP contribution in [0, 0.1) is 0 Å². The lowest BCUT2D eigenvalue weighted by Gasteiger charge is -2.12. The van der Waals surface area contributed by atoms with Gasteiger partial charge in [-0.1, -0.05) is 78.5 Å². The molecule has 3 aromatic carbocycles. The van der Waals surface area contributed by atoms with Gasteiger partial charge in [-0.3, -0.25) is 9.36 Å². The molecule has 0 radical (unpaired) electrons. The van der Waals surface area contributed by atoms with Crippen LogP contribution in [0.15, 0.2) is 90.1 Å². The summed E-state index contributed by atoms with van der Waals surface area (Å²) < 4.78 is 13.2. The predicted molar refractivity (Wildman–Crippen MR) is 137 cm³/mol. The van der Waals surface area contributed by atoms with Gasteiger partial charge in [0, 0.05) is 12.6 Å². The molecule has 4 aromatic rings. The van der Waals surface area contributed by atoms with Gasteiger partial charge in [0.1, 0.15) is 18.1 Å². The van der Waals surface area contributed by atoms with Gasteiger partial charge in [-0.15, -0.1) is 10.2 Å². The van der Waals surface area contributed by atoms with E-state index in [9.17, 15) is 4.79 Å². The van der Waals surface area contributed by atoms with Gasteiger partial charge in [-0.2, -0.15) is 0 Å². The number of nitrogens with zero attached hydrogens (tertiary/aromatic N) is 3. The lowest BCUT2D eigenvalue weighted by atomic mass is 10.1. The molecule has 35 heavy (non-hydrogen) atoms. The number of thioether (sulfide) groups is 1. The second-order valence-electron chi connectivity index (χ2n) is 7.81. The van der Waals surface area contributed by atoms with Crippen molar-refractivity contribution in [2.24, 2.45) is 0 Å². The molecule has 0 spiro atoms. The first-order valence-corrected chi connectivity index (χ1v) is 12.4. The van der Waals surface area contributed by atoms with Gasteiger partial charge in [-0.25, -0.2) is 0 Å². The van der Waals surface area contributed by atoms with Gasteiger partial charge >= 0.3 is 0 Å². The van der Waals surface area contributed by atoms with Crippen molar-refractivity contribution in [3.05, 3.63) is 102 Å². The molecule has 4 rings (SSSR count). The van der Waals surface area contributed by atoms with Crippen LogP contribution in [0.25, 0.3) is 0 Å². The molecule has 0 saturated carbocycles. The van der Waals surface area contributed by atoms with Crippen molar-refractivity contribution >= 4 is 17.7 Å². The van der Waals surface area contributed by atoms with Crippen molar-refractivity contribution in [3.63, 3.8) is 0 Å². The molecule has 1 aromatic heterocycles. The highest BCUT2D eigenvalue weighted by Crippen LogP contribution is 2.22. The number of amides is 1. The lowest BCUT2D eigenvalue weighted by Crippen LogP contribution is -2.27. The maximum Gasteiger partial charge on any atom is 0.230 e. The van der Waals surface area contributed by atoms with Crippen LogP contribution in [-0.4, -0.2) is 40.1 Å². The summed E-state index contributed by atoms with van der Waals surface area (Å²) in [5.41, 5.74) is 2.31. The topological polar surface area (TPSA) is 78.3 Å². The van der Waals surface area contributed by atoms with Gasteiger partial charge in [0.25, 0.3) is 0 Å². The highest BCUT2D eigenvalue weighted by Gasteiger charge is 2.15. The molecule has 0 bridgehead atoms. The SMILES string of the molecule is COc1cccc(OCc2nnc(SCC(=O)NCCc3ccccc3)n2Cc2ccccc2)c1. The summed E-state index contributed by atoms with van der Waals surface area (Å²) in [6.07, 6.45) is 0.799. The molecule has 8 heteroatoms. The second kappa shape index (κ2) is 12.6. The van der Waals surface area contributed by atoms with Crippen LogP contribution in [-0.2, 0) is 24.4 Å². The number of hydrogen-bond acceptors (Lipinski definition) is 6. The molecule has 1 amide bonds. The largest absolute Gasteiger partial charge is 0.497 e. The minimum absolute atomic E-state index is 0.0330. The smallest absolute Gasteiger partial charge is 0.230 e. The molecule has 0 aliphatic heterocycles. The summed E-state index contributed by atoms with van der Waals surface area (Å²) >= 11 is 1.37. The molecule has 180 valence electrons. The zero-order valence-corrected chi connectivity index (χ0v) is 20.4. The standard InChI is InChI=1S/C27H28N4O3S/c1-33-23-13-8-14-24(17-23)34-19-25-29-30-27(31(25)18-22-11-6-3-7-12-22)35-20-26(32)28-16-15-21-9-4-2-5-10-21/h2-14,17H,15-16,18-20H2,1H3,(H,28,32). The zero-order valence-electron chi connectivity index (χ0n) is 19.6. The summed E-state index contributed by atoms with van der Waals surface area (Å²) in [4.78, 5) is 12.4. The van der Waals surface area contributed by atoms with Crippen molar-refractivity contribution in [2.45, 2.75) is 24.7 Å². The summed E-state index contributed by atoms with van der Waals surface area (Å²) in [5.74, 6) is 2.32. The summed E-state index contributed by atoms with van der Waals surface area (Å²) in [6, 6.07) is 27.6. The monoisotopic (exact) mass is 488 g/mol. The Morgan fingerprint density at radius 3 is 2.37 bits per heavy atom. The Hall–Kier alpha value is -3.78. The average Bonchev–Trinajstić information content (AvgIpc) is 3.28. The number of nitrogens with one attached hydrogen (secondary N) is 1. The number of ether oxygens (including phenoxy) is 2.